The zero-order valence-electron chi connectivity index (χ0n) is 10.6. The highest BCUT2D eigenvalue weighted by Gasteiger charge is 2.38. The van der Waals surface area contributed by atoms with Gasteiger partial charge in [-0.25, -0.2) is 0 Å². The molecule has 0 aliphatic heterocycles. The molecular weight excluding hydrogens is 204 g/mol. The lowest BCUT2D eigenvalue weighted by Gasteiger charge is -2.39. The van der Waals surface area contributed by atoms with Crippen LogP contribution in [-0.4, -0.2) is 25.6 Å². The Balaban J connectivity index is 2.59. The summed E-state index contributed by atoms with van der Waals surface area (Å²) in [5.41, 5.74) is 0. The van der Waals surface area contributed by atoms with Gasteiger partial charge in [-0.05, 0) is 31.0 Å². The molecule has 15 heavy (non-hydrogen) atoms. The predicted molar refractivity (Wildman–Crippen MR) is 66.5 cm³/mol. The lowest BCUT2D eigenvalue weighted by molar-refractivity contribution is 0.149. The normalized spacial score (nSPS) is 28.1. The standard InChI is InChI=1S/C12H24O2Si/c1-12(2,3)15(4,5)14-11-8-6-10(13)7-9-11/h6,8,10-11,13H,7,9H2,1-5H3/t10-,11+/m1/s1. The Labute approximate surface area is 94.5 Å². The van der Waals surface area contributed by atoms with E-state index in [0.717, 1.165) is 12.8 Å². The van der Waals surface area contributed by atoms with Gasteiger partial charge >= 0.3 is 0 Å². The quantitative estimate of drug-likeness (QED) is 0.581. The topological polar surface area (TPSA) is 29.5 Å². The summed E-state index contributed by atoms with van der Waals surface area (Å²) in [5, 5.41) is 9.61. The molecule has 0 fully saturated rings. The minimum Gasteiger partial charge on any atom is -0.411 e. The molecule has 0 unspecified atom stereocenters. The SMILES string of the molecule is CC(C)(C)[Si](C)(C)O[C@H]1C=C[C@@H](O)CC1. The van der Waals surface area contributed by atoms with Crippen LogP contribution >= 0.6 is 0 Å². The minimum atomic E-state index is -1.65. The molecule has 0 aromatic carbocycles. The first kappa shape index (κ1) is 12.9. The van der Waals surface area contributed by atoms with E-state index in [1.54, 1.807) is 0 Å². The molecule has 2 nitrogen and oxygen atoms in total. The van der Waals surface area contributed by atoms with Crippen molar-refractivity contribution in [1.29, 1.82) is 0 Å². The van der Waals surface area contributed by atoms with Gasteiger partial charge in [-0.3, -0.25) is 0 Å². The molecule has 2 atom stereocenters. The first-order valence-corrected chi connectivity index (χ1v) is 8.67. The van der Waals surface area contributed by atoms with Crippen molar-refractivity contribution in [3.8, 4) is 0 Å². The highest BCUT2D eigenvalue weighted by molar-refractivity contribution is 6.74. The minimum absolute atomic E-state index is 0.217. The number of aliphatic hydroxyl groups excluding tert-OH is 1. The van der Waals surface area contributed by atoms with Crippen molar-refractivity contribution in [1.82, 2.24) is 0 Å². The van der Waals surface area contributed by atoms with Crippen molar-refractivity contribution < 1.29 is 9.53 Å². The van der Waals surface area contributed by atoms with E-state index < -0.39 is 8.32 Å². The van der Waals surface area contributed by atoms with E-state index in [9.17, 15) is 5.11 Å². The molecule has 1 aliphatic carbocycles. The molecule has 1 aliphatic rings. The third-order valence-electron chi connectivity index (χ3n) is 3.55. The second-order valence-electron chi connectivity index (χ2n) is 5.95. The summed E-state index contributed by atoms with van der Waals surface area (Å²) < 4.78 is 6.23. The molecule has 0 spiro atoms. The Bertz CT molecular complexity index is 240. The van der Waals surface area contributed by atoms with Gasteiger partial charge in [-0.15, -0.1) is 0 Å². The zero-order chi connectivity index (χ0) is 11.7. The predicted octanol–water partition coefficient (Wildman–Crippen LogP) is 3.09. The van der Waals surface area contributed by atoms with Crippen LogP contribution in [0.25, 0.3) is 0 Å². The van der Waals surface area contributed by atoms with Crippen LogP contribution in [0.2, 0.25) is 18.1 Å². The van der Waals surface area contributed by atoms with Crippen molar-refractivity contribution in [2.75, 3.05) is 0 Å². The van der Waals surface area contributed by atoms with E-state index in [2.05, 4.69) is 33.9 Å². The van der Waals surface area contributed by atoms with E-state index >= 15 is 0 Å². The molecule has 0 aromatic heterocycles. The van der Waals surface area contributed by atoms with Gasteiger partial charge in [0.05, 0.1) is 12.2 Å². The zero-order valence-corrected chi connectivity index (χ0v) is 11.6. The molecule has 0 saturated heterocycles. The van der Waals surface area contributed by atoms with Gasteiger partial charge in [0, 0.05) is 0 Å². The Morgan fingerprint density at radius 2 is 1.80 bits per heavy atom. The van der Waals surface area contributed by atoms with E-state index in [4.69, 9.17) is 4.43 Å². The molecular formula is C12H24O2Si. The Kier molecular flexibility index (Phi) is 3.79. The van der Waals surface area contributed by atoms with Crippen LogP contribution in [0.15, 0.2) is 12.2 Å². The summed E-state index contributed by atoms with van der Waals surface area (Å²) in [5.74, 6) is 0. The fourth-order valence-corrected chi connectivity index (χ4v) is 2.74. The fourth-order valence-electron chi connectivity index (χ4n) is 1.43. The molecule has 88 valence electrons. The first-order valence-electron chi connectivity index (χ1n) is 5.76. The third kappa shape index (κ3) is 3.43. The number of hydrogen-bond donors (Lipinski definition) is 1. The Morgan fingerprint density at radius 1 is 1.20 bits per heavy atom. The monoisotopic (exact) mass is 228 g/mol. The smallest absolute Gasteiger partial charge is 0.192 e. The molecule has 3 heteroatoms. The van der Waals surface area contributed by atoms with Crippen LogP contribution in [0.4, 0.5) is 0 Å². The van der Waals surface area contributed by atoms with Crippen molar-refractivity contribution in [2.45, 2.75) is 64.0 Å². The van der Waals surface area contributed by atoms with Gasteiger partial charge in [-0.1, -0.05) is 32.9 Å². The Morgan fingerprint density at radius 3 is 2.20 bits per heavy atom. The van der Waals surface area contributed by atoms with E-state index in [-0.39, 0.29) is 17.2 Å². The highest BCUT2D eigenvalue weighted by Crippen LogP contribution is 2.38. The van der Waals surface area contributed by atoms with Crippen LogP contribution in [0, 0.1) is 0 Å². The summed E-state index contributed by atoms with van der Waals surface area (Å²) in [7, 11) is -1.65. The number of hydrogen-bond acceptors (Lipinski definition) is 2. The van der Waals surface area contributed by atoms with Crippen LogP contribution in [0.3, 0.4) is 0 Å². The average molecular weight is 228 g/mol. The molecule has 0 saturated carbocycles. The van der Waals surface area contributed by atoms with E-state index in [1.165, 1.54) is 0 Å². The lowest BCUT2D eigenvalue weighted by atomic mass is 10.0. The molecule has 0 amide bonds. The lowest BCUT2D eigenvalue weighted by Crippen LogP contribution is -2.44. The molecule has 1 rings (SSSR count). The van der Waals surface area contributed by atoms with Gasteiger partial charge in [0.1, 0.15) is 0 Å². The molecule has 0 aromatic rings. The molecule has 0 radical (unpaired) electrons. The van der Waals surface area contributed by atoms with Crippen LogP contribution in [-0.2, 0) is 4.43 Å². The third-order valence-corrected chi connectivity index (χ3v) is 8.05. The maximum absolute atomic E-state index is 9.35. The summed E-state index contributed by atoms with van der Waals surface area (Å²) in [4.78, 5) is 0. The summed E-state index contributed by atoms with van der Waals surface area (Å²) >= 11 is 0. The average Bonchev–Trinajstić information content (AvgIpc) is 2.06. The van der Waals surface area contributed by atoms with Gasteiger partial charge < -0.3 is 9.53 Å². The van der Waals surface area contributed by atoms with Gasteiger partial charge in [0.15, 0.2) is 8.32 Å². The van der Waals surface area contributed by atoms with Crippen LogP contribution in [0.5, 0.6) is 0 Å². The summed E-state index contributed by atoms with van der Waals surface area (Å²) in [6.45, 7) is 11.3. The maximum atomic E-state index is 9.35. The summed E-state index contributed by atoms with van der Waals surface area (Å²) in [6.07, 6.45) is 5.62. The van der Waals surface area contributed by atoms with Gasteiger partial charge in [0.25, 0.3) is 0 Å². The van der Waals surface area contributed by atoms with Crippen molar-refractivity contribution in [3.63, 3.8) is 0 Å². The largest absolute Gasteiger partial charge is 0.411 e. The number of rotatable bonds is 2. The van der Waals surface area contributed by atoms with Crippen LogP contribution < -0.4 is 0 Å². The van der Waals surface area contributed by atoms with Crippen molar-refractivity contribution in [2.24, 2.45) is 0 Å². The molecule has 1 N–H and O–H groups in total. The maximum Gasteiger partial charge on any atom is 0.192 e. The van der Waals surface area contributed by atoms with Gasteiger partial charge in [0.2, 0.25) is 0 Å². The fraction of sp³-hybridized carbons (Fsp3) is 0.833. The van der Waals surface area contributed by atoms with E-state index in [0.29, 0.717) is 0 Å². The first-order chi connectivity index (χ1) is 6.72. The van der Waals surface area contributed by atoms with Gasteiger partial charge in [-0.2, -0.15) is 0 Å². The summed E-state index contributed by atoms with van der Waals surface area (Å²) in [6, 6.07) is 0. The van der Waals surface area contributed by atoms with Crippen LogP contribution in [0.1, 0.15) is 33.6 Å². The molecule has 0 bridgehead atoms. The van der Waals surface area contributed by atoms with Crippen molar-refractivity contribution >= 4 is 8.32 Å². The highest BCUT2D eigenvalue weighted by atomic mass is 28.4. The molecule has 0 heterocycles. The van der Waals surface area contributed by atoms with E-state index in [1.807, 2.05) is 12.2 Å². The Hall–Kier alpha value is -0.123. The van der Waals surface area contributed by atoms with Crippen molar-refractivity contribution in [3.05, 3.63) is 12.2 Å². The number of aliphatic hydroxyl groups is 1. The second-order valence-corrected chi connectivity index (χ2v) is 10.7. The second kappa shape index (κ2) is 4.40.